The van der Waals surface area contributed by atoms with Gasteiger partial charge in [0.2, 0.25) is 0 Å². The number of hydrogen-bond acceptors (Lipinski definition) is 4. The number of imidazole rings is 1. The maximum Gasteiger partial charge on any atom is 0.358 e. The Morgan fingerprint density at radius 1 is 1.08 bits per heavy atom. The molecule has 0 amide bonds. The smallest absolute Gasteiger partial charge is 0.358 e. The van der Waals surface area contributed by atoms with Gasteiger partial charge in [0.05, 0.1) is 19.9 Å². The number of carbonyl (C=O) groups excluding carboxylic acids is 1. The average Bonchev–Trinajstić information content (AvgIpc) is 3.07. The van der Waals surface area contributed by atoms with E-state index in [1.807, 2.05) is 60.0 Å². The number of rotatable bonds is 4. The molecule has 2 aromatic carbocycles. The van der Waals surface area contributed by atoms with E-state index in [0.29, 0.717) is 5.82 Å². The minimum absolute atomic E-state index is 0.260. The first-order chi connectivity index (χ1) is 11.6. The maximum atomic E-state index is 11.9. The number of esters is 1. The minimum Gasteiger partial charge on any atom is -0.497 e. The van der Waals surface area contributed by atoms with Crippen LogP contribution in [0.15, 0.2) is 54.7 Å². The van der Waals surface area contributed by atoms with Crippen LogP contribution >= 0.6 is 0 Å². The Bertz CT molecular complexity index is 867. The van der Waals surface area contributed by atoms with Crippen LogP contribution in [0, 0.1) is 6.92 Å². The number of carbonyl (C=O) groups is 1. The van der Waals surface area contributed by atoms with Crippen LogP contribution in [-0.4, -0.2) is 29.7 Å². The van der Waals surface area contributed by atoms with Crippen molar-refractivity contribution in [3.63, 3.8) is 0 Å². The van der Waals surface area contributed by atoms with Crippen LogP contribution in [-0.2, 0) is 4.74 Å². The SMILES string of the molecule is COC(=O)c1cn(-c2cccc(OC)c2)c(-c2ccc(C)cc2)n1. The third kappa shape index (κ3) is 3.01. The Labute approximate surface area is 140 Å². The Kier molecular flexibility index (Phi) is 4.33. The third-order valence-electron chi connectivity index (χ3n) is 3.74. The van der Waals surface area contributed by atoms with Crippen LogP contribution in [0.25, 0.3) is 17.1 Å². The summed E-state index contributed by atoms with van der Waals surface area (Å²) in [4.78, 5) is 16.4. The zero-order valence-electron chi connectivity index (χ0n) is 13.8. The molecule has 5 nitrogen and oxygen atoms in total. The lowest BCUT2D eigenvalue weighted by Gasteiger charge is -2.09. The fourth-order valence-corrected chi connectivity index (χ4v) is 2.45. The quantitative estimate of drug-likeness (QED) is 0.688. The Hall–Kier alpha value is -3.08. The molecule has 0 fully saturated rings. The summed E-state index contributed by atoms with van der Waals surface area (Å²) in [6, 6.07) is 15.6. The molecule has 0 atom stereocenters. The lowest BCUT2D eigenvalue weighted by Crippen LogP contribution is -2.01. The highest BCUT2D eigenvalue weighted by Gasteiger charge is 2.17. The van der Waals surface area contributed by atoms with Crippen molar-refractivity contribution in [1.29, 1.82) is 0 Å². The molecule has 0 bridgehead atoms. The lowest BCUT2D eigenvalue weighted by molar-refractivity contribution is 0.0594. The van der Waals surface area contributed by atoms with E-state index in [2.05, 4.69) is 4.98 Å². The summed E-state index contributed by atoms with van der Waals surface area (Å²) in [6.45, 7) is 2.03. The molecule has 3 aromatic rings. The standard InChI is InChI=1S/C19H18N2O3/c1-13-7-9-14(10-8-13)18-20-17(19(22)24-3)12-21(18)15-5-4-6-16(11-15)23-2/h4-12H,1-3H3. The Morgan fingerprint density at radius 3 is 2.50 bits per heavy atom. The summed E-state index contributed by atoms with van der Waals surface area (Å²) in [5.41, 5.74) is 3.19. The number of hydrogen-bond donors (Lipinski definition) is 0. The molecule has 0 aliphatic carbocycles. The molecule has 0 N–H and O–H groups in total. The molecule has 1 aromatic heterocycles. The predicted octanol–water partition coefficient (Wildman–Crippen LogP) is 3.64. The fourth-order valence-electron chi connectivity index (χ4n) is 2.45. The summed E-state index contributed by atoms with van der Waals surface area (Å²) < 4.78 is 11.9. The molecule has 0 aliphatic heterocycles. The second-order valence-electron chi connectivity index (χ2n) is 5.38. The van der Waals surface area contributed by atoms with Gasteiger partial charge < -0.3 is 9.47 Å². The topological polar surface area (TPSA) is 53.4 Å². The first-order valence-corrected chi connectivity index (χ1v) is 7.51. The molecule has 122 valence electrons. The van der Waals surface area contributed by atoms with E-state index in [1.54, 1.807) is 13.3 Å². The van der Waals surface area contributed by atoms with Gasteiger partial charge in [0, 0.05) is 17.8 Å². The van der Waals surface area contributed by atoms with Crippen LogP contribution in [0.2, 0.25) is 0 Å². The van der Waals surface area contributed by atoms with Gasteiger partial charge in [0.25, 0.3) is 0 Å². The second kappa shape index (κ2) is 6.58. The first kappa shape index (κ1) is 15.8. The lowest BCUT2D eigenvalue weighted by atomic mass is 10.1. The number of aromatic nitrogens is 2. The fraction of sp³-hybridized carbons (Fsp3) is 0.158. The van der Waals surface area contributed by atoms with Gasteiger partial charge in [-0.15, -0.1) is 0 Å². The van der Waals surface area contributed by atoms with Crippen molar-refractivity contribution in [1.82, 2.24) is 9.55 Å². The molecule has 0 saturated heterocycles. The summed E-state index contributed by atoms with van der Waals surface area (Å²) >= 11 is 0. The highest BCUT2D eigenvalue weighted by atomic mass is 16.5. The third-order valence-corrected chi connectivity index (χ3v) is 3.74. The van der Waals surface area contributed by atoms with Crippen molar-refractivity contribution in [2.75, 3.05) is 14.2 Å². The molecule has 0 aliphatic rings. The van der Waals surface area contributed by atoms with E-state index in [-0.39, 0.29) is 5.69 Å². The van der Waals surface area contributed by atoms with Gasteiger partial charge in [-0.2, -0.15) is 0 Å². The van der Waals surface area contributed by atoms with Gasteiger partial charge >= 0.3 is 5.97 Å². The van der Waals surface area contributed by atoms with Crippen LogP contribution in [0.1, 0.15) is 16.1 Å². The highest BCUT2D eigenvalue weighted by molar-refractivity contribution is 5.88. The van der Waals surface area contributed by atoms with E-state index >= 15 is 0 Å². The Balaban J connectivity index is 2.17. The maximum absolute atomic E-state index is 11.9. The molecule has 0 unspecified atom stereocenters. The predicted molar refractivity (Wildman–Crippen MR) is 91.6 cm³/mol. The number of methoxy groups -OCH3 is 2. The van der Waals surface area contributed by atoms with E-state index in [4.69, 9.17) is 9.47 Å². The molecule has 0 saturated carbocycles. The second-order valence-corrected chi connectivity index (χ2v) is 5.38. The molecule has 0 radical (unpaired) electrons. The van der Waals surface area contributed by atoms with Crippen LogP contribution in [0.5, 0.6) is 5.75 Å². The van der Waals surface area contributed by atoms with Gasteiger partial charge in [0.1, 0.15) is 11.6 Å². The summed E-state index contributed by atoms with van der Waals surface area (Å²) in [7, 11) is 2.96. The van der Waals surface area contributed by atoms with Crippen molar-refractivity contribution in [3.05, 3.63) is 66.0 Å². The molecule has 1 heterocycles. The number of aryl methyl sites for hydroxylation is 1. The molecule has 5 heteroatoms. The minimum atomic E-state index is -0.468. The van der Waals surface area contributed by atoms with E-state index in [1.165, 1.54) is 7.11 Å². The average molecular weight is 322 g/mol. The number of ether oxygens (including phenoxy) is 2. The van der Waals surface area contributed by atoms with Crippen molar-refractivity contribution in [2.24, 2.45) is 0 Å². The first-order valence-electron chi connectivity index (χ1n) is 7.51. The van der Waals surface area contributed by atoms with Crippen LogP contribution in [0.4, 0.5) is 0 Å². The molecular formula is C19H18N2O3. The molecular weight excluding hydrogens is 304 g/mol. The van der Waals surface area contributed by atoms with Gasteiger partial charge in [-0.1, -0.05) is 35.9 Å². The van der Waals surface area contributed by atoms with Crippen LogP contribution < -0.4 is 4.74 Å². The van der Waals surface area contributed by atoms with Gasteiger partial charge in [-0.25, -0.2) is 9.78 Å². The van der Waals surface area contributed by atoms with Gasteiger partial charge in [0.15, 0.2) is 5.69 Å². The van der Waals surface area contributed by atoms with Crippen molar-refractivity contribution >= 4 is 5.97 Å². The number of nitrogens with zero attached hydrogens (tertiary/aromatic N) is 2. The molecule has 3 rings (SSSR count). The normalized spacial score (nSPS) is 10.5. The summed E-state index contributed by atoms with van der Waals surface area (Å²) in [5.74, 6) is 0.935. The highest BCUT2D eigenvalue weighted by Crippen LogP contribution is 2.25. The van der Waals surface area contributed by atoms with Gasteiger partial charge in [-0.05, 0) is 19.1 Å². The van der Waals surface area contributed by atoms with Crippen LogP contribution in [0.3, 0.4) is 0 Å². The Morgan fingerprint density at radius 2 is 1.83 bits per heavy atom. The zero-order valence-corrected chi connectivity index (χ0v) is 13.8. The largest absolute Gasteiger partial charge is 0.497 e. The summed E-state index contributed by atoms with van der Waals surface area (Å²) in [5, 5.41) is 0. The monoisotopic (exact) mass is 322 g/mol. The van der Waals surface area contributed by atoms with E-state index in [9.17, 15) is 4.79 Å². The van der Waals surface area contributed by atoms with Crippen molar-refractivity contribution in [3.8, 4) is 22.8 Å². The van der Waals surface area contributed by atoms with Crippen molar-refractivity contribution in [2.45, 2.75) is 6.92 Å². The van der Waals surface area contributed by atoms with E-state index in [0.717, 1.165) is 22.6 Å². The van der Waals surface area contributed by atoms with Crippen molar-refractivity contribution < 1.29 is 14.3 Å². The van der Waals surface area contributed by atoms with Gasteiger partial charge in [-0.3, -0.25) is 4.57 Å². The molecule has 0 spiro atoms. The molecule has 24 heavy (non-hydrogen) atoms. The number of benzene rings is 2. The summed E-state index contributed by atoms with van der Waals surface area (Å²) in [6.07, 6.45) is 1.68. The zero-order chi connectivity index (χ0) is 17.1. The van der Waals surface area contributed by atoms with E-state index < -0.39 is 5.97 Å².